The largest absolute Gasteiger partial charge is 0.328 e. The fourth-order valence-electron chi connectivity index (χ4n) is 3.32. The maximum Gasteiger partial charge on any atom is 0.328 e. The van der Waals surface area contributed by atoms with Gasteiger partial charge in [0.1, 0.15) is 16.5 Å². The van der Waals surface area contributed by atoms with E-state index in [9.17, 15) is 22.0 Å². The molecule has 6 nitrogen and oxygen atoms in total. The Hall–Kier alpha value is -3.11. The normalized spacial score (nSPS) is 11.8. The molecule has 10 heteroatoms. The molecule has 0 amide bonds. The first-order valence-electron chi connectivity index (χ1n) is 9.48. The topological polar surface area (TPSA) is 73.1 Å². The summed E-state index contributed by atoms with van der Waals surface area (Å²) in [5, 5.41) is 0. The molecule has 4 rings (SSSR count). The van der Waals surface area contributed by atoms with Gasteiger partial charge in [-0.05, 0) is 43.3 Å². The lowest BCUT2D eigenvalue weighted by Crippen LogP contribution is -2.19. The predicted octanol–water partition coefficient (Wildman–Crippen LogP) is 4.42. The first-order valence-corrected chi connectivity index (χ1v) is 11.8. The molecule has 1 N–H and O–H groups in total. The number of hydrogen-bond donors (Lipinski definition) is 1. The Morgan fingerprint density at radius 2 is 1.53 bits per heavy atom. The minimum absolute atomic E-state index is 0.174. The van der Waals surface area contributed by atoms with Crippen LogP contribution in [-0.2, 0) is 24.1 Å². The van der Waals surface area contributed by atoms with Crippen molar-refractivity contribution in [3.8, 4) is 0 Å². The molecule has 0 bridgehead atoms. The van der Waals surface area contributed by atoms with Crippen LogP contribution >= 0.6 is 11.8 Å². The van der Waals surface area contributed by atoms with E-state index in [2.05, 4.69) is 4.72 Å². The quantitative estimate of drug-likeness (QED) is 0.464. The van der Waals surface area contributed by atoms with Crippen LogP contribution in [0.3, 0.4) is 0 Å². The SMILES string of the molecule is Cc1ccc(Sc2cc3c(cc2NS(=O)(=O)c2ccc(F)cc2F)n(C)c(=O)n3C)cc1. The first-order chi connectivity index (χ1) is 15.1. The van der Waals surface area contributed by atoms with Crippen LogP contribution in [0.5, 0.6) is 0 Å². The Labute approximate surface area is 187 Å². The lowest BCUT2D eigenvalue weighted by Gasteiger charge is -2.14. The van der Waals surface area contributed by atoms with E-state index in [-0.39, 0.29) is 11.4 Å². The molecule has 4 aromatic rings. The van der Waals surface area contributed by atoms with Crippen molar-refractivity contribution in [3.05, 3.63) is 82.3 Å². The molecule has 0 saturated carbocycles. The van der Waals surface area contributed by atoms with Gasteiger partial charge < -0.3 is 0 Å². The summed E-state index contributed by atoms with van der Waals surface area (Å²) in [6, 6.07) is 13.2. The number of anilines is 1. The van der Waals surface area contributed by atoms with Gasteiger partial charge in [0.25, 0.3) is 10.0 Å². The van der Waals surface area contributed by atoms with Gasteiger partial charge in [-0.1, -0.05) is 29.5 Å². The highest BCUT2D eigenvalue weighted by Gasteiger charge is 2.23. The fourth-order valence-corrected chi connectivity index (χ4v) is 5.43. The summed E-state index contributed by atoms with van der Waals surface area (Å²) in [5.41, 5.74) is 2.10. The molecule has 0 saturated heterocycles. The lowest BCUT2D eigenvalue weighted by molar-refractivity contribution is 0.551. The zero-order valence-electron chi connectivity index (χ0n) is 17.4. The van der Waals surface area contributed by atoms with E-state index >= 15 is 0 Å². The molecule has 0 aliphatic heterocycles. The highest BCUT2D eigenvalue weighted by Crippen LogP contribution is 2.37. The van der Waals surface area contributed by atoms with E-state index in [0.717, 1.165) is 22.6 Å². The van der Waals surface area contributed by atoms with Gasteiger partial charge in [0.05, 0.1) is 16.7 Å². The van der Waals surface area contributed by atoms with Crippen LogP contribution in [0.2, 0.25) is 0 Å². The number of benzene rings is 3. The van der Waals surface area contributed by atoms with E-state index in [0.29, 0.717) is 22.0 Å². The standard InChI is InChI=1S/C22H19F2N3O3S2/c1-13-4-7-15(8-5-13)31-20-12-19-18(26(2)22(28)27(19)3)11-17(20)25-32(29,30)21-9-6-14(23)10-16(21)24/h4-12,25H,1-3H3. The lowest BCUT2D eigenvalue weighted by atomic mass is 10.2. The number of hydrogen-bond acceptors (Lipinski definition) is 4. The summed E-state index contributed by atoms with van der Waals surface area (Å²) in [7, 11) is -1.16. The Bertz CT molecular complexity index is 1510. The number of rotatable bonds is 5. The van der Waals surface area contributed by atoms with Gasteiger partial charge in [-0.2, -0.15) is 0 Å². The summed E-state index contributed by atoms with van der Waals surface area (Å²) in [6.45, 7) is 1.96. The number of fused-ring (bicyclic) bond motifs is 1. The monoisotopic (exact) mass is 475 g/mol. The van der Waals surface area contributed by atoms with Crippen LogP contribution in [0.4, 0.5) is 14.5 Å². The number of aromatic nitrogens is 2. The molecule has 32 heavy (non-hydrogen) atoms. The van der Waals surface area contributed by atoms with Crippen molar-refractivity contribution in [3.63, 3.8) is 0 Å². The number of nitrogens with one attached hydrogen (secondary N) is 1. The van der Waals surface area contributed by atoms with E-state index < -0.39 is 26.6 Å². The van der Waals surface area contributed by atoms with Crippen LogP contribution in [-0.4, -0.2) is 17.6 Å². The van der Waals surface area contributed by atoms with Crippen molar-refractivity contribution >= 4 is 38.5 Å². The van der Waals surface area contributed by atoms with Crippen molar-refractivity contribution in [2.45, 2.75) is 21.6 Å². The van der Waals surface area contributed by atoms with Gasteiger partial charge in [0.2, 0.25) is 0 Å². The summed E-state index contributed by atoms with van der Waals surface area (Å²) in [5.74, 6) is -2.07. The van der Waals surface area contributed by atoms with E-state index in [4.69, 9.17) is 0 Å². The Kier molecular flexibility index (Phi) is 5.59. The smallest absolute Gasteiger partial charge is 0.295 e. The van der Waals surface area contributed by atoms with Gasteiger partial charge >= 0.3 is 5.69 Å². The molecule has 0 atom stereocenters. The second-order valence-corrected chi connectivity index (χ2v) is 10.1. The molecule has 0 spiro atoms. The highest BCUT2D eigenvalue weighted by atomic mass is 32.2. The third-order valence-corrected chi connectivity index (χ3v) is 7.51. The molecular weight excluding hydrogens is 456 g/mol. The number of nitrogens with zero attached hydrogens (tertiary/aromatic N) is 2. The minimum Gasteiger partial charge on any atom is -0.295 e. The second kappa shape index (κ2) is 8.10. The molecule has 1 aromatic heterocycles. The molecule has 0 fully saturated rings. The van der Waals surface area contributed by atoms with Gasteiger partial charge in [-0.25, -0.2) is 22.0 Å². The van der Waals surface area contributed by atoms with E-state index in [1.54, 1.807) is 20.2 Å². The molecule has 0 radical (unpaired) electrons. The summed E-state index contributed by atoms with van der Waals surface area (Å²) in [6.07, 6.45) is 0. The average molecular weight is 476 g/mol. The van der Waals surface area contributed by atoms with Crippen molar-refractivity contribution in [1.82, 2.24) is 9.13 Å². The van der Waals surface area contributed by atoms with Gasteiger partial charge in [0.15, 0.2) is 0 Å². The Morgan fingerprint density at radius 1 is 0.906 bits per heavy atom. The Balaban J connectivity index is 1.86. The van der Waals surface area contributed by atoms with Gasteiger partial charge in [0, 0.05) is 30.0 Å². The maximum absolute atomic E-state index is 14.2. The highest BCUT2D eigenvalue weighted by molar-refractivity contribution is 7.99. The second-order valence-electron chi connectivity index (χ2n) is 7.33. The summed E-state index contributed by atoms with van der Waals surface area (Å²) < 4.78 is 58.6. The van der Waals surface area contributed by atoms with Crippen LogP contribution in [0.1, 0.15) is 5.56 Å². The third-order valence-electron chi connectivity index (χ3n) is 5.05. The van der Waals surface area contributed by atoms with Crippen LogP contribution in [0.25, 0.3) is 11.0 Å². The fraction of sp³-hybridized carbons (Fsp3) is 0.136. The number of halogens is 2. The molecule has 0 unspecified atom stereocenters. The minimum atomic E-state index is -4.37. The van der Waals surface area contributed by atoms with Crippen molar-refractivity contribution in [1.29, 1.82) is 0 Å². The molecular formula is C22H19F2N3O3S2. The van der Waals surface area contributed by atoms with Gasteiger partial charge in [-0.3, -0.25) is 13.9 Å². The van der Waals surface area contributed by atoms with Crippen molar-refractivity contribution in [2.75, 3.05) is 4.72 Å². The predicted molar refractivity (Wildman–Crippen MR) is 121 cm³/mol. The number of imidazole rings is 1. The first kappa shape index (κ1) is 22.1. The third kappa shape index (κ3) is 4.03. The molecule has 3 aromatic carbocycles. The van der Waals surface area contributed by atoms with Crippen molar-refractivity contribution < 1.29 is 17.2 Å². The molecule has 1 heterocycles. The van der Waals surface area contributed by atoms with Crippen LogP contribution < -0.4 is 10.4 Å². The number of aryl methyl sites for hydroxylation is 3. The summed E-state index contributed by atoms with van der Waals surface area (Å²) >= 11 is 1.30. The maximum atomic E-state index is 14.2. The molecule has 0 aliphatic rings. The zero-order valence-corrected chi connectivity index (χ0v) is 19.0. The van der Waals surface area contributed by atoms with Gasteiger partial charge in [-0.15, -0.1) is 0 Å². The summed E-state index contributed by atoms with van der Waals surface area (Å²) in [4.78, 5) is 13.1. The average Bonchev–Trinajstić information content (AvgIpc) is 2.93. The molecule has 166 valence electrons. The number of sulfonamides is 1. The Morgan fingerprint density at radius 3 is 2.16 bits per heavy atom. The zero-order chi connectivity index (χ0) is 23.2. The van der Waals surface area contributed by atoms with Crippen molar-refractivity contribution in [2.24, 2.45) is 14.1 Å². The van der Waals surface area contributed by atoms with E-state index in [1.165, 1.54) is 27.0 Å². The van der Waals surface area contributed by atoms with E-state index in [1.807, 2.05) is 31.2 Å². The molecule has 0 aliphatic carbocycles. The van der Waals surface area contributed by atoms with Crippen LogP contribution in [0.15, 0.2) is 74.1 Å². The van der Waals surface area contributed by atoms with Crippen LogP contribution in [0, 0.1) is 18.6 Å².